The third kappa shape index (κ3) is 9.02. The summed E-state index contributed by atoms with van der Waals surface area (Å²) in [4.78, 5) is 0. The molecule has 0 atom stereocenters. The first-order chi connectivity index (χ1) is 44.1. The van der Waals surface area contributed by atoms with Crippen LogP contribution in [0.15, 0.2) is 344 Å². The molecular weight excluding hydrogens is 1070 g/mol. The van der Waals surface area contributed by atoms with Gasteiger partial charge in [-0.1, -0.05) is 303 Å². The molecule has 0 unspecified atom stereocenters. The average molecular weight is 1130 g/mol. The fourth-order valence-corrected chi connectivity index (χ4v) is 14.2. The summed E-state index contributed by atoms with van der Waals surface area (Å²) < 4.78 is 6.50. The van der Waals surface area contributed by atoms with Gasteiger partial charge in [0.05, 0.1) is 0 Å². The summed E-state index contributed by atoms with van der Waals surface area (Å²) >= 11 is 0. The van der Waals surface area contributed by atoms with Gasteiger partial charge >= 0.3 is 0 Å². The monoisotopic (exact) mass is 1130 g/mol. The third-order valence-electron chi connectivity index (χ3n) is 18.3. The van der Waals surface area contributed by atoms with Crippen molar-refractivity contribution in [3.63, 3.8) is 0 Å². The van der Waals surface area contributed by atoms with Crippen molar-refractivity contribution >= 4 is 97.3 Å². The molecule has 0 saturated carbocycles. The number of furan rings is 1. The van der Waals surface area contributed by atoms with Crippen molar-refractivity contribution in [2.24, 2.45) is 0 Å². The van der Waals surface area contributed by atoms with Crippen molar-refractivity contribution in [1.29, 1.82) is 0 Å². The van der Waals surface area contributed by atoms with Crippen molar-refractivity contribution in [3.8, 4) is 77.9 Å². The van der Waals surface area contributed by atoms with Gasteiger partial charge in [-0.15, -0.1) is 0 Å². The number of rotatable bonds is 7. The van der Waals surface area contributed by atoms with E-state index in [1.807, 2.05) is 0 Å². The zero-order valence-electron chi connectivity index (χ0n) is 48.7. The molecule has 1 heterocycles. The van der Waals surface area contributed by atoms with E-state index in [0.717, 1.165) is 21.9 Å². The predicted molar refractivity (Wildman–Crippen MR) is 381 cm³/mol. The van der Waals surface area contributed by atoms with Crippen LogP contribution in [0.2, 0.25) is 0 Å². The summed E-state index contributed by atoms with van der Waals surface area (Å²) in [6, 6.07) is 123. The second-order valence-electron chi connectivity index (χ2n) is 23.4. The van der Waals surface area contributed by atoms with Gasteiger partial charge in [0.2, 0.25) is 0 Å². The maximum Gasteiger partial charge on any atom is 0.136 e. The standard InChI is InChI=1S/C46H30.C42H26O/c1-2-11-31(12-3-1)38-27-28-43-44(30-38)46(40-20-10-16-34-14-6-7-17-39(34)40)42-19-9-8-18-41(42)45(43)35-24-21-33(22-25-35)37-26-23-32-13-4-5-15-36(32)29-37;1-2-12-27(13-3-1)28-16-10-17-31(24-28)40-32-18-6-8-20-34(32)41(35-21-9-7-19-33(35)40)36-22-11-23-38-42(36)37-25-29-14-4-5-15-30(29)26-39(37)43-38/h1-30H;1-26H. The van der Waals surface area contributed by atoms with Gasteiger partial charge < -0.3 is 4.42 Å². The normalized spacial score (nSPS) is 11.6. The van der Waals surface area contributed by atoms with Crippen molar-refractivity contribution in [3.05, 3.63) is 340 Å². The Morgan fingerprint density at radius 2 is 0.551 bits per heavy atom. The van der Waals surface area contributed by atoms with Crippen molar-refractivity contribution in [1.82, 2.24) is 0 Å². The summed E-state index contributed by atoms with van der Waals surface area (Å²) in [6.45, 7) is 0. The molecule has 0 N–H and O–H groups in total. The molecule has 18 rings (SSSR count). The van der Waals surface area contributed by atoms with Gasteiger partial charge in [0.1, 0.15) is 11.2 Å². The molecule has 0 aliphatic rings. The molecule has 0 aliphatic heterocycles. The van der Waals surface area contributed by atoms with Crippen LogP contribution < -0.4 is 0 Å². The van der Waals surface area contributed by atoms with E-state index in [-0.39, 0.29) is 0 Å². The molecule has 18 aromatic rings. The minimum absolute atomic E-state index is 0.913. The fourth-order valence-electron chi connectivity index (χ4n) is 14.2. The average Bonchev–Trinajstić information content (AvgIpc) is 1.71. The number of hydrogen-bond acceptors (Lipinski definition) is 1. The molecule has 0 spiro atoms. The van der Waals surface area contributed by atoms with Gasteiger partial charge in [-0.05, 0) is 190 Å². The molecule has 414 valence electrons. The maximum atomic E-state index is 6.50. The van der Waals surface area contributed by atoms with Crippen LogP contribution >= 0.6 is 0 Å². The van der Waals surface area contributed by atoms with Crippen LogP contribution in [-0.4, -0.2) is 0 Å². The predicted octanol–water partition coefficient (Wildman–Crippen LogP) is 25.0. The molecule has 0 aliphatic carbocycles. The molecule has 1 aromatic heterocycles. The van der Waals surface area contributed by atoms with E-state index in [4.69, 9.17) is 4.42 Å². The van der Waals surface area contributed by atoms with Crippen LogP contribution in [0.1, 0.15) is 0 Å². The van der Waals surface area contributed by atoms with E-state index in [1.165, 1.54) is 153 Å². The molecule has 0 fully saturated rings. The Hall–Kier alpha value is -11.6. The lowest BCUT2D eigenvalue weighted by Gasteiger charge is -2.20. The van der Waals surface area contributed by atoms with Gasteiger partial charge in [-0.25, -0.2) is 0 Å². The highest BCUT2D eigenvalue weighted by molar-refractivity contribution is 6.27. The molecule has 0 saturated heterocycles. The van der Waals surface area contributed by atoms with Gasteiger partial charge in [0.15, 0.2) is 0 Å². The highest BCUT2D eigenvalue weighted by Gasteiger charge is 2.22. The fraction of sp³-hybridized carbons (Fsp3) is 0. The number of fused-ring (bicyclic) bond motifs is 10. The molecule has 0 bridgehead atoms. The molecule has 1 nitrogen and oxygen atoms in total. The first-order valence-electron chi connectivity index (χ1n) is 30.7. The summed E-state index contributed by atoms with van der Waals surface area (Å²) in [5.41, 5.74) is 19.2. The number of hydrogen-bond donors (Lipinski definition) is 0. The summed E-state index contributed by atoms with van der Waals surface area (Å²) in [7, 11) is 0. The van der Waals surface area contributed by atoms with Crippen LogP contribution in [0.4, 0.5) is 0 Å². The second kappa shape index (κ2) is 21.7. The Morgan fingerprint density at radius 3 is 1.20 bits per heavy atom. The molecule has 0 amide bonds. The SMILES string of the molecule is c1ccc(-c2ccc3c(-c4ccc(-c5ccc6ccccc6c5)cc4)c4ccccc4c(-c4cccc5ccccc45)c3c2)cc1.c1ccc(-c2cccc(-c3c4ccccc4c(-c4cccc5oc6cc7ccccc7cc6c45)c4ccccc34)c2)cc1. The molecule has 17 aromatic carbocycles. The molecule has 89 heavy (non-hydrogen) atoms. The lowest BCUT2D eigenvalue weighted by atomic mass is 9.83. The smallest absolute Gasteiger partial charge is 0.136 e. The lowest BCUT2D eigenvalue weighted by molar-refractivity contribution is 0.669. The minimum atomic E-state index is 0.913. The van der Waals surface area contributed by atoms with E-state index in [2.05, 4.69) is 340 Å². The van der Waals surface area contributed by atoms with Gasteiger partial charge in [-0.2, -0.15) is 0 Å². The van der Waals surface area contributed by atoms with Crippen molar-refractivity contribution < 1.29 is 4.42 Å². The van der Waals surface area contributed by atoms with Crippen molar-refractivity contribution in [2.75, 3.05) is 0 Å². The zero-order valence-corrected chi connectivity index (χ0v) is 48.7. The van der Waals surface area contributed by atoms with E-state index >= 15 is 0 Å². The first kappa shape index (κ1) is 51.8. The summed E-state index contributed by atoms with van der Waals surface area (Å²) in [5.74, 6) is 0. The summed E-state index contributed by atoms with van der Waals surface area (Å²) in [6.07, 6.45) is 0. The second-order valence-corrected chi connectivity index (χ2v) is 23.4. The van der Waals surface area contributed by atoms with Crippen LogP contribution in [0.5, 0.6) is 0 Å². The van der Waals surface area contributed by atoms with E-state index in [0.29, 0.717) is 0 Å². The van der Waals surface area contributed by atoms with E-state index in [9.17, 15) is 0 Å². The zero-order chi connectivity index (χ0) is 58.8. The molecule has 1 heteroatoms. The van der Waals surface area contributed by atoms with Crippen LogP contribution in [0, 0.1) is 0 Å². The Labute approximate surface area is 516 Å². The quantitative estimate of drug-likeness (QED) is 0.145. The Kier molecular flexibility index (Phi) is 12.6. The van der Waals surface area contributed by atoms with Crippen LogP contribution in [0.25, 0.3) is 175 Å². The van der Waals surface area contributed by atoms with Crippen LogP contribution in [0.3, 0.4) is 0 Å². The van der Waals surface area contributed by atoms with E-state index in [1.54, 1.807) is 0 Å². The first-order valence-corrected chi connectivity index (χ1v) is 30.7. The van der Waals surface area contributed by atoms with Crippen molar-refractivity contribution in [2.45, 2.75) is 0 Å². The number of benzene rings is 17. The Bertz CT molecular complexity index is 5710. The minimum Gasteiger partial charge on any atom is -0.456 e. The summed E-state index contributed by atoms with van der Waals surface area (Å²) in [5, 5.41) is 19.8. The highest BCUT2D eigenvalue weighted by Crippen LogP contribution is 2.49. The topological polar surface area (TPSA) is 13.1 Å². The van der Waals surface area contributed by atoms with Gasteiger partial charge in [0, 0.05) is 10.8 Å². The maximum absolute atomic E-state index is 6.50. The highest BCUT2D eigenvalue weighted by atomic mass is 16.3. The largest absolute Gasteiger partial charge is 0.456 e. The van der Waals surface area contributed by atoms with E-state index < -0.39 is 0 Å². The van der Waals surface area contributed by atoms with Gasteiger partial charge in [-0.3, -0.25) is 0 Å². The Morgan fingerprint density at radius 1 is 0.157 bits per heavy atom. The van der Waals surface area contributed by atoms with Crippen LogP contribution in [-0.2, 0) is 0 Å². The molecular formula is C88H56O. The molecule has 0 radical (unpaired) electrons. The van der Waals surface area contributed by atoms with Gasteiger partial charge in [0.25, 0.3) is 0 Å². The Balaban J connectivity index is 0.000000138. The lowest BCUT2D eigenvalue weighted by Crippen LogP contribution is -1.92. The third-order valence-corrected chi connectivity index (χ3v) is 18.3.